The lowest BCUT2D eigenvalue weighted by molar-refractivity contribution is 0.102. The first-order chi connectivity index (χ1) is 11.7. The van der Waals surface area contributed by atoms with Crippen molar-refractivity contribution in [3.63, 3.8) is 0 Å². The Hall–Kier alpha value is -2.94. The van der Waals surface area contributed by atoms with Gasteiger partial charge in [0.15, 0.2) is 0 Å². The van der Waals surface area contributed by atoms with Crippen molar-refractivity contribution in [3.05, 3.63) is 42.0 Å². The van der Waals surface area contributed by atoms with E-state index in [1.54, 1.807) is 18.2 Å². The normalized spacial score (nSPS) is 10.8. The molecule has 8 nitrogen and oxygen atoms in total. The highest BCUT2D eigenvalue weighted by Crippen LogP contribution is 2.29. The quantitative estimate of drug-likeness (QED) is 0.673. The molecular weight excluding hydrogens is 346 g/mol. The number of sulfonamides is 1. The van der Waals surface area contributed by atoms with E-state index in [1.807, 2.05) is 0 Å². The number of nitrogen functional groups attached to an aromatic ring is 1. The topological polar surface area (TPSA) is 120 Å². The van der Waals surface area contributed by atoms with E-state index in [-0.39, 0.29) is 17.3 Å². The van der Waals surface area contributed by atoms with Crippen molar-refractivity contribution in [2.75, 3.05) is 36.2 Å². The van der Waals surface area contributed by atoms with E-state index in [1.165, 1.54) is 32.4 Å². The molecule has 0 heterocycles. The highest BCUT2D eigenvalue weighted by Gasteiger charge is 2.12. The van der Waals surface area contributed by atoms with E-state index in [2.05, 4.69) is 10.0 Å². The Balaban J connectivity index is 2.24. The molecule has 0 radical (unpaired) electrons. The molecule has 0 saturated heterocycles. The van der Waals surface area contributed by atoms with E-state index in [4.69, 9.17) is 15.2 Å². The second kappa shape index (κ2) is 7.31. The van der Waals surface area contributed by atoms with Crippen LogP contribution in [0.2, 0.25) is 0 Å². The van der Waals surface area contributed by atoms with E-state index in [9.17, 15) is 13.2 Å². The zero-order valence-electron chi connectivity index (χ0n) is 14.0. The van der Waals surface area contributed by atoms with Gasteiger partial charge in [-0.25, -0.2) is 8.42 Å². The van der Waals surface area contributed by atoms with Gasteiger partial charge in [-0.3, -0.25) is 9.52 Å². The van der Waals surface area contributed by atoms with Gasteiger partial charge < -0.3 is 20.5 Å². The Morgan fingerprint density at radius 1 is 1.04 bits per heavy atom. The van der Waals surface area contributed by atoms with Crippen LogP contribution in [0.15, 0.2) is 36.4 Å². The van der Waals surface area contributed by atoms with Crippen molar-refractivity contribution >= 4 is 33.0 Å². The summed E-state index contributed by atoms with van der Waals surface area (Å²) in [6.07, 6.45) is 1.04. The molecule has 134 valence electrons. The number of benzene rings is 2. The van der Waals surface area contributed by atoms with Gasteiger partial charge in [-0.1, -0.05) is 0 Å². The van der Waals surface area contributed by atoms with Crippen molar-refractivity contribution in [1.82, 2.24) is 0 Å². The van der Waals surface area contributed by atoms with Crippen molar-refractivity contribution in [2.45, 2.75) is 0 Å². The molecule has 4 N–H and O–H groups in total. The molecule has 0 unspecified atom stereocenters. The lowest BCUT2D eigenvalue weighted by Crippen LogP contribution is -2.13. The van der Waals surface area contributed by atoms with E-state index < -0.39 is 10.0 Å². The van der Waals surface area contributed by atoms with Crippen LogP contribution in [0, 0.1) is 0 Å². The lowest BCUT2D eigenvalue weighted by atomic mass is 10.1. The minimum absolute atomic E-state index is 0.275. The molecule has 0 saturated carbocycles. The van der Waals surface area contributed by atoms with Gasteiger partial charge in [0.05, 0.1) is 31.9 Å². The smallest absolute Gasteiger partial charge is 0.255 e. The first-order valence-electron chi connectivity index (χ1n) is 7.14. The Labute approximate surface area is 146 Å². The third-order valence-electron chi connectivity index (χ3n) is 3.25. The van der Waals surface area contributed by atoms with Crippen LogP contribution >= 0.6 is 0 Å². The molecule has 0 aliphatic heterocycles. The van der Waals surface area contributed by atoms with Gasteiger partial charge in [-0.2, -0.15) is 0 Å². The Kier molecular flexibility index (Phi) is 5.38. The number of hydrogen-bond acceptors (Lipinski definition) is 6. The van der Waals surface area contributed by atoms with Crippen LogP contribution in [0.5, 0.6) is 11.5 Å². The van der Waals surface area contributed by atoms with Gasteiger partial charge in [0.2, 0.25) is 10.0 Å². The maximum absolute atomic E-state index is 12.3. The molecule has 2 aromatic carbocycles. The first-order valence-corrected chi connectivity index (χ1v) is 9.03. The zero-order chi connectivity index (χ0) is 18.6. The second-order valence-electron chi connectivity index (χ2n) is 5.20. The summed E-state index contributed by atoms with van der Waals surface area (Å²) >= 11 is 0. The van der Waals surface area contributed by atoms with Gasteiger partial charge in [0.1, 0.15) is 11.5 Å². The van der Waals surface area contributed by atoms with Crippen LogP contribution in [-0.4, -0.2) is 34.8 Å². The highest BCUT2D eigenvalue weighted by molar-refractivity contribution is 7.92. The molecule has 1 amide bonds. The lowest BCUT2D eigenvalue weighted by Gasteiger charge is -2.13. The number of carbonyl (C=O) groups is 1. The van der Waals surface area contributed by atoms with Crippen molar-refractivity contribution in [3.8, 4) is 11.5 Å². The standard InChI is InChI=1S/C16H19N3O5S/c1-23-14-8-10(4-6-12(14)17)16(20)18-11-5-7-13(15(9-11)24-2)19-25(3,21)22/h4-9,19H,17H2,1-3H3,(H,18,20). The van der Waals surface area contributed by atoms with E-state index in [0.717, 1.165) is 6.26 Å². The highest BCUT2D eigenvalue weighted by atomic mass is 32.2. The van der Waals surface area contributed by atoms with Crippen LogP contribution in [0.25, 0.3) is 0 Å². The SMILES string of the molecule is COc1cc(C(=O)Nc2ccc(NS(C)(=O)=O)c(OC)c2)ccc1N. The summed E-state index contributed by atoms with van der Waals surface area (Å²) in [6, 6.07) is 9.25. The number of anilines is 3. The Bertz CT molecular complexity index is 897. The summed E-state index contributed by atoms with van der Waals surface area (Å²) in [6.45, 7) is 0. The zero-order valence-corrected chi connectivity index (χ0v) is 14.8. The molecule has 2 rings (SSSR count). The van der Waals surface area contributed by atoms with E-state index >= 15 is 0 Å². The summed E-state index contributed by atoms with van der Waals surface area (Å²) in [5.74, 6) is 0.306. The first kappa shape index (κ1) is 18.4. The molecule has 0 spiro atoms. The molecule has 2 aromatic rings. The molecule has 9 heteroatoms. The number of methoxy groups -OCH3 is 2. The van der Waals surface area contributed by atoms with Gasteiger partial charge in [-0.15, -0.1) is 0 Å². The maximum Gasteiger partial charge on any atom is 0.255 e. The van der Waals surface area contributed by atoms with Crippen LogP contribution in [0.4, 0.5) is 17.1 Å². The summed E-state index contributed by atoms with van der Waals surface area (Å²) in [5.41, 5.74) is 7.24. The number of nitrogens with two attached hydrogens (primary N) is 1. The van der Waals surface area contributed by atoms with Crippen LogP contribution in [0.1, 0.15) is 10.4 Å². The van der Waals surface area contributed by atoms with Gasteiger partial charge in [0.25, 0.3) is 5.91 Å². The summed E-state index contributed by atoms with van der Waals surface area (Å²) < 4.78 is 35.3. The predicted molar refractivity (Wildman–Crippen MR) is 96.8 cm³/mol. The van der Waals surface area contributed by atoms with Crippen molar-refractivity contribution in [1.29, 1.82) is 0 Å². The third kappa shape index (κ3) is 4.77. The minimum Gasteiger partial charge on any atom is -0.495 e. The number of rotatable bonds is 6. The number of amides is 1. The number of hydrogen-bond donors (Lipinski definition) is 3. The monoisotopic (exact) mass is 365 g/mol. The third-order valence-corrected chi connectivity index (χ3v) is 3.84. The minimum atomic E-state index is -3.44. The molecule has 0 fully saturated rings. The molecule has 0 aliphatic carbocycles. The fraction of sp³-hybridized carbons (Fsp3) is 0.188. The molecule has 0 atom stereocenters. The summed E-state index contributed by atoms with van der Waals surface area (Å²) in [5, 5.41) is 2.70. The van der Waals surface area contributed by atoms with Crippen molar-refractivity contribution < 1.29 is 22.7 Å². The number of carbonyl (C=O) groups excluding carboxylic acids is 1. The van der Waals surface area contributed by atoms with Crippen LogP contribution < -0.4 is 25.2 Å². The van der Waals surface area contributed by atoms with Crippen LogP contribution in [-0.2, 0) is 10.0 Å². The largest absolute Gasteiger partial charge is 0.495 e. The van der Waals surface area contributed by atoms with E-state index in [0.29, 0.717) is 22.7 Å². The maximum atomic E-state index is 12.3. The number of ether oxygens (including phenoxy) is 2. The Morgan fingerprint density at radius 2 is 1.72 bits per heavy atom. The summed E-state index contributed by atoms with van der Waals surface area (Å²) in [7, 11) is -0.577. The van der Waals surface area contributed by atoms with Gasteiger partial charge in [0, 0.05) is 17.3 Å². The molecular formula is C16H19N3O5S. The Morgan fingerprint density at radius 3 is 2.32 bits per heavy atom. The molecule has 25 heavy (non-hydrogen) atoms. The molecule has 0 aliphatic rings. The molecule has 0 bridgehead atoms. The fourth-order valence-electron chi connectivity index (χ4n) is 2.11. The average Bonchev–Trinajstić information content (AvgIpc) is 2.55. The number of nitrogens with one attached hydrogen (secondary N) is 2. The second-order valence-corrected chi connectivity index (χ2v) is 6.95. The van der Waals surface area contributed by atoms with Crippen molar-refractivity contribution in [2.24, 2.45) is 0 Å². The van der Waals surface area contributed by atoms with Gasteiger partial charge in [-0.05, 0) is 30.3 Å². The summed E-state index contributed by atoms with van der Waals surface area (Å²) in [4.78, 5) is 12.3. The molecule has 0 aromatic heterocycles. The predicted octanol–water partition coefficient (Wildman–Crippen LogP) is 1.91. The van der Waals surface area contributed by atoms with Gasteiger partial charge >= 0.3 is 0 Å². The van der Waals surface area contributed by atoms with Crippen LogP contribution in [0.3, 0.4) is 0 Å². The fourth-order valence-corrected chi connectivity index (χ4v) is 2.68. The average molecular weight is 365 g/mol.